The SMILES string of the molecule is CCC1c2cc3[nH]c(cc4nc(cc5[nH]c(cc(n2)C1(C)CC(=O)N(C)C)cc5C)C(C)=C4CCCO)c(CCCO)c3C. The highest BCUT2D eigenvalue weighted by Gasteiger charge is 2.44. The second-order valence-corrected chi connectivity index (χ2v) is 12.9. The number of aromatic nitrogens is 4. The van der Waals surface area contributed by atoms with Crippen molar-refractivity contribution in [2.24, 2.45) is 0 Å². The molecule has 3 aromatic heterocycles. The largest absolute Gasteiger partial charge is 0.396 e. The average Bonchev–Trinajstić information content (AvgIpc) is 3.64. The number of fused-ring (bicyclic) bond motifs is 8. The topological polar surface area (TPSA) is 118 Å². The minimum absolute atomic E-state index is 0.0538. The zero-order valence-electron chi connectivity index (χ0n) is 27.3. The molecule has 8 nitrogen and oxygen atoms in total. The summed E-state index contributed by atoms with van der Waals surface area (Å²) in [4.78, 5) is 32.5. The maximum Gasteiger partial charge on any atom is 0.223 e. The lowest BCUT2D eigenvalue weighted by atomic mass is 9.71. The van der Waals surface area contributed by atoms with Gasteiger partial charge in [-0.1, -0.05) is 13.8 Å². The Kier molecular flexibility index (Phi) is 9.14. The molecule has 5 rings (SSSR count). The highest BCUT2D eigenvalue weighted by molar-refractivity contribution is 5.93. The van der Waals surface area contributed by atoms with E-state index in [4.69, 9.17) is 9.97 Å². The van der Waals surface area contributed by atoms with E-state index in [1.807, 2.05) is 14.1 Å². The van der Waals surface area contributed by atoms with Gasteiger partial charge in [-0.15, -0.1) is 0 Å². The molecule has 0 radical (unpaired) electrons. The van der Waals surface area contributed by atoms with Crippen molar-refractivity contribution in [3.05, 3.63) is 69.8 Å². The van der Waals surface area contributed by atoms with Crippen LogP contribution in [0.1, 0.15) is 98.3 Å². The zero-order valence-corrected chi connectivity index (χ0v) is 27.3. The predicted molar refractivity (Wildman–Crippen MR) is 178 cm³/mol. The Morgan fingerprint density at radius 2 is 1.61 bits per heavy atom. The summed E-state index contributed by atoms with van der Waals surface area (Å²) in [7, 11) is 3.62. The van der Waals surface area contributed by atoms with E-state index in [1.165, 1.54) is 0 Å². The molecule has 3 aromatic rings. The summed E-state index contributed by atoms with van der Waals surface area (Å²) in [5, 5.41) is 19.4. The highest BCUT2D eigenvalue weighted by Crippen LogP contribution is 2.47. The fourth-order valence-electron chi connectivity index (χ4n) is 6.91. The number of nitrogens with one attached hydrogen (secondary N) is 2. The van der Waals surface area contributed by atoms with Crippen molar-refractivity contribution in [2.75, 3.05) is 27.3 Å². The van der Waals surface area contributed by atoms with E-state index in [1.54, 1.807) is 4.90 Å². The molecule has 2 atom stereocenters. The van der Waals surface area contributed by atoms with E-state index in [2.05, 4.69) is 74.9 Å². The number of rotatable bonds is 9. The summed E-state index contributed by atoms with van der Waals surface area (Å²) in [5.74, 6) is 0.137. The van der Waals surface area contributed by atoms with Crippen LogP contribution in [0.3, 0.4) is 0 Å². The van der Waals surface area contributed by atoms with Crippen molar-refractivity contribution in [3.8, 4) is 0 Å². The van der Waals surface area contributed by atoms with Gasteiger partial charge in [0.15, 0.2) is 0 Å². The quantitative estimate of drug-likeness (QED) is 0.225. The van der Waals surface area contributed by atoms with Gasteiger partial charge in [0.25, 0.3) is 0 Å². The van der Waals surface area contributed by atoms with Crippen molar-refractivity contribution in [2.45, 2.75) is 84.5 Å². The first-order valence-corrected chi connectivity index (χ1v) is 15.8. The van der Waals surface area contributed by atoms with Gasteiger partial charge in [0.2, 0.25) is 5.91 Å². The number of aromatic amines is 2. The van der Waals surface area contributed by atoms with E-state index in [9.17, 15) is 15.0 Å². The molecule has 0 saturated heterocycles. The van der Waals surface area contributed by atoms with Crippen LogP contribution < -0.4 is 0 Å². The Hall–Kier alpha value is -3.75. The van der Waals surface area contributed by atoms with Gasteiger partial charge in [0.05, 0.1) is 11.4 Å². The van der Waals surface area contributed by atoms with Crippen LogP contribution >= 0.6 is 0 Å². The minimum atomic E-state index is -0.478. The fourth-order valence-corrected chi connectivity index (χ4v) is 6.91. The number of carbonyl (C=O) groups excluding carboxylic acids is 1. The zero-order chi connectivity index (χ0) is 31.8. The summed E-state index contributed by atoms with van der Waals surface area (Å²) < 4.78 is 0. The Bertz CT molecular complexity index is 1760. The number of carbonyl (C=O) groups is 1. The fraction of sp³-hybridized carbons (Fsp3) is 0.472. The highest BCUT2D eigenvalue weighted by atomic mass is 16.3. The molecule has 4 N–H and O–H groups in total. The standard InChI is InChI=1S/C36H47N5O3/c1-8-27-33-18-30-23(4)26(12-10-14-43)32(39-30)19-31-25(11-9-13-42)22(3)29(38-31)17-28-21(2)15-24(37-28)16-34(40-33)36(27,5)20-35(44)41(6)7/h15-19,27,37,39,42-43H,8-14,20H2,1-7H3. The lowest BCUT2D eigenvalue weighted by molar-refractivity contribution is -0.130. The third kappa shape index (κ3) is 5.85. The van der Waals surface area contributed by atoms with E-state index < -0.39 is 5.41 Å². The lowest BCUT2D eigenvalue weighted by Crippen LogP contribution is -2.34. The van der Waals surface area contributed by atoms with Crippen LogP contribution in [0.5, 0.6) is 0 Å². The summed E-state index contributed by atoms with van der Waals surface area (Å²) in [6.07, 6.45) is 4.00. The molecule has 0 saturated carbocycles. The van der Waals surface area contributed by atoms with Crippen molar-refractivity contribution < 1.29 is 15.0 Å². The molecule has 44 heavy (non-hydrogen) atoms. The molecule has 2 unspecified atom stereocenters. The van der Waals surface area contributed by atoms with Crippen LogP contribution in [-0.4, -0.2) is 68.3 Å². The number of hydrogen-bond acceptors (Lipinski definition) is 5. The molecular weight excluding hydrogens is 550 g/mol. The van der Waals surface area contributed by atoms with Gasteiger partial charge in [-0.25, -0.2) is 4.98 Å². The van der Waals surface area contributed by atoms with E-state index >= 15 is 0 Å². The molecule has 0 aromatic carbocycles. The first-order valence-electron chi connectivity index (χ1n) is 15.8. The molecule has 8 heteroatoms. The van der Waals surface area contributed by atoms with Crippen LogP contribution in [0.4, 0.5) is 0 Å². The molecule has 2 aliphatic heterocycles. The maximum absolute atomic E-state index is 13.2. The van der Waals surface area contributed by atoms with Gasteiger partial charge in [0.1, 0.15) is 0 Å². The normalized spacial score (nSPS) is 18.2. The summed E-state index contributed by atoms with van der Waals surface area (Å²) in [6, 6.07) is 10.6. The number of nitrogens with zero attached hydrogens (tertiary/aromatic N) is 3. The van der Waals surface area contributed by atoms with E-state index in [0.29, 0.717) is 19.3 Å². The maximum atomic E-state index is 13.2. The Morgan fingerprint density at radius 1 is 0.909 bits per heavy atom. The molecular formula is C36H47N5O3. The summed E-state index contributed by atoms with van der Waals surface area (Å²) in [6.45, 7) is 10.9. The second kappa shape index (κ2) is 12.7. The monoisotopic (exact) mass is 597 g/mol. The number of allylic oxidation sites excluding steroid dienone is 2. The van der Waals surface area contributed by atoms with Crippen LogP contribution in [0.25, 0.3) is 33.2 Å². The van der Waals surface area contributed by atoms with Crippen LogP contribution in [0.15, 0.2) is 30.3 Å². The second-order valence-electron chi connectivity index (χ2n) is 12.9. The average molecular weight is 598 g/mol. The van der Waals surface area contributed by atoms with Gasteiger partial charge in [-0.3, -0.25) is 9.78 Å². The summed E-state index contributed by atoms with van der Waals surface area (Å²) in [5.41, 5.74) is 12.7. The number of aliphatic hydroxyl groups excluding tert-OH is 2. The molecule has 5 heterocycles. The number of aliphatic hydroxyl groups is 2. The van der Waals surface area contributed by atoms with Gasteiger partial charge in [-0.2, -0.15) is 0 Å². The number of H-pyrrole nitrogens is 2. The number of hydrogen-bond donors (Lipinski definition) is 4. The molecule has 0 aliphatic carbocycles. The molecule has 234 valence electrons. The van der Waals surface area contributed by atoms with Crippen molar-refractivity contribution in [3.63, 3.8) is 0 Å². The Balaban J connectivity index is 1.89. The van der Waals surface area contributed by atoms with Crippen molar-refractivity contribution >= 4 is 39.1 Å². The number of amides is 1. The molecule has 0 spiro atoms. The predicted octanol–water partition coefficient (Wildman–Crippen LogP) is 6.49. The van der Waals surface area contributed by atoms with Crippen LogP contribution in [0.2, 0.25) is 0 Å². The molecule has 8 bridgehead atoms. The van der Waals surface area contributed by atoms with E-state index in [0.717, 1.165) is 91.9 Å². The van der Waals surface area contributed by atoms with Gasteiger partial charge in [0, 0.05) is 78.5 Å². The Morgan fingerprint density at radius 3 is 2.30 bits per heavy atom. The van der Waals surface area contributed by atoms with Gasteiger partial charge in [-0.05, 0) is 111 Å². The first-order chi connectivity index (χ1) is 21.0. The smallest absolute Gasteiger partial charge is 0.223 e. The summed E-state index contributed by atoms with van der Waals surface area (Å²) >= 11 is 0. The van der Waals surface area contributed by atoms with Crippen molar-refractivity contribution in [1.29, 1.82) is 0 Å². The van der Waals surface area contributed by atoms with Gasteiger partial charge >= 0.3 is 0 Å². The van der Waals surface area contributed by atoms with Crippen LogP contribution in [-0.2, 0) is 16.6 Å². The van der Waals surface area contributed by atoms with E-state index in [-0.39, 0.29) is 25.0 Å². The minimum Gasteiger partial charge on any atom is -0.396 e. The first kappa shape index (κ1) is 31.7. The molecule has 2 aliphatic rings. The Labute approximate surface area is 260 Å². The van der Waals surface area contributed by atoms with Gasteiger partial charge < -0.3 is 25.1 Å². The molecule has 0 fully saturated rings. The third-order valence-corrected chi connectivity index (χ3v) is 9.62. The van der Waals surface area contributed by atoms with Crippen molar-refractivity contribution in [1.82, 2.24) is 24.8 Å². The lowest BCUT2D eigenvalue weighted by Gasteiger charge is -2.31. The van der Waals surface area contributed by atoms with Crippen LogP contribution in [0, 0.1) is 13.8 Å². The number of aryl methyl sites for hydroxylation is 3. The third-order valence-electron chi connectivity index (χ3n) is 9.62. The molecule has 1 amide bonds.